The molecule has 0 N–H and O–H groups in total. The van der Waals surface area contributed by atoms with Gasteiger partial charge in [0.2, 0.25) is 0 Å². The van der Waals surface area contributed by atoms with E-state index in [-0.39, 0.29) is 5.63 Å². The van der Waals surface area contributed by atoms with Crippen LogP contribution in [0.1, 0.15) is 42.5 Å². The molecule has 0 aliphatic heterocycles. The zero-order chi connectivity index (χ0) is 21.0. The van der Waals surface area contributed by atoms with Crippen molar-refractivity contribution in [2.24, 2.45) is 0 Å². The predicted molar refractivity (Wildman–Crippen MR) is 113 cm³/mol. The predicted octanol–water partition coefficient (Wildman–Crippen LogP) is 4.72. The standard InChI is InChI=1S/C24H26O5/c1-5-20(24(26)27-6-2)28-21-13-12-18-15(3)19(14-17-10-8-7-9-11-17)23(25)29-22(18)16(21)4/h7-13,20H,5-6,14H2,1-4H3/t20-/m1/s1. The van der Waals surface area contributed by atoms with Crippen molar-refractivity contribution in [1.82, 2.24) is 0 Å². The van der Waals surface area contributed by atoms with E-state index in [1.54, 1.807) is 6.92 Å². The second kappa shape index (κ2) is 8.95. The number of hydrogen-bond acceptors (Lipinski definition) is 5. The minimum absolute atomic E-state index is 0.299. The molecular weight excluding hydrogens is 368 g/mol. The van der Waals surface area contributed by atoms with Crippen LogP contribution in [0.15, 0.2) is 51.7 Å². The largest absolute Gasteiger partial charge is 0.478 e. The van der Waals surface area contributed by atoms with Crippen LogP contribution in [0.25, 0.3) is 11.0 Å². The van der Waals surface area contributed by atoms with Gasteiger partial charge in [-0.3, -0.25) is 0 Å². The van der Waals surface area contributed by atoms with Crippen molar-refractivity contribution in [3.63, 3.8) is 0 Å². The summed E-state index contributed by atoms with van der Waals surface area (Å²) in [6.07, 6.45) is 0.300. The second-order valence-corrected chi connectivity index (χ2v) is 6.99. The summed E-state index contributed by atoms with van der Waals surface area (Å²) < 4.78 is 16.6. The smallest absolute Gasteiger partial charge is 0.347 e. The average Bonchev–Trinajstić information content (AvgIpc) is 2.72. The van der Waals surface area contributed by atoms with E-state index in [1.807, 2.05) is 63.2 Å². The zero-order valence-electron chi connectivity index (χ0n) is 17.3. The maximum atomic E-state index is 12.7. The molecule has 0 bridgehead atoms. The highest BCUT2D eigenvalue weighted by molar-refractivity contribution is 5.86. The molecule has 0 unspecified atom stereocenters. The topological polar surface area (TPSA) is 65.7 Å². The van der Waals surface area contributed by atoms with Crippen LogP contribution in [-0.2, 0) is 16.0 Å². The highest BCUT2D eigenvalue weighted by atomic mass is 16.6. The quantitative estimate of drug-likeness (QED) is 0.428. The molecule has 0 spiro atoms. The number of esters is 1. The highest BCUT2D eigenvalue weighted by Gasteiger charge is 2.22. The van der Waals surface area contributed by atoms with Crippen molar-refractivity contribution in [1.29, 1.82) is 0 Å². The normalized spacial score (nSPS) is 12.0. The molecule has 2 aromatic carbocycles. The van der Waals surface area contributed by atoms with E-state index in [0.29, 0.717) is 41.9 Å². The van der Waals surface area contributed by atoms with E-state index in [0.717, 1.165) is 16.5 Å². The molecule has 5 nitrogen and oxygen atoms in total. The Morgan fingerprint density at radius 2 is 1.76 bits per heavy atom. The van der Waals surface area contributed by atoms with Crippen molar-refractivity contribution < 1.29 is 18.7 Å². The van der Waals surface area contributed by atoms with Gasteiger partial charge in [0.05, 0.1) is 6.61 Å². The Balaban J connectivity index is 2.00. The first-order valence-corrected chi connectivity index (χ1v) is 9.89. The molecule has 1 atom stereocenters. The summed E-state index contributed by atoms with van der Waals surface area (Å²) in [5.41, 5.74) is 3.43. The summed E-state index contributed by atoms with van der Waals surface area (Å²) in [7, 11) is 0. The Morgan fingerprint density at radius 3 is 2.41 bits per heavy atom. The molecule has 152 valence electrons. The van der Waals surface area contributed by atoms with E-state index in [4.69, 9.17) is 13.9 Å². The van der Waals surface area contributed by atoms with E-state index in [1.165, 1.54) is 0 Å². The zero-order valence-corrected chi connectivity index (χ0v) is 17.3. The summed E-state index contributed by atoms with van der Waals surface area (Å²) in [6.45, 7) is 7.68. The molecule has 0 fully saturated rings. The van der Waals surface area contributed by atoms with E-state index in [2.05, 4.69) is 0 Å². The van der Waals surface area contributed by atoms with E-state index < -0.39 is 12.1 Å². The Morgan fingerprint density at radius 1 is 1.03 bits per heavy atom. The van der Waals surface area contributed by atoms with Gasteiger partial charge in [0.1, 0.15) is 11.3 Å². The fourth-order valence-electron chi connectivity index (χ4n) is 3.39. The molecule has 3 aromatic rings. The van der Waals surface area contributed by atoms with Crippen LogP contribution in [-0.4, -0.2) is 18.7 Å². The lowest BCUT2D eigenvalue weighted by molar-refractivity contribution is -0.151. The molecule has 0 aliphatic carbocycles. The van der Waals surface area contributed by atoms with Gasteiger partial charge < -0.3 is 13.9 Å². The number of hydrogen-bond donors (Lipinski definition) is 0. The monoisotopic (exact) mass is 394 g/mol. The summed E-state index contributed by atoms with van der Waals surface area (Å²) in [5, 5.41) is 0.865. The fraction of sp³-hybridized carbons (Fsp3) is 0.333. The Bertz CT molecular complexity index is 1070. The summed E-state index contributed by atoms with van der Waals surface area (Å²) in [4.78, 5) is 24.8. The van der Waals surface area contributed by atoms with Gasteiger partial charge in [-0.1, -0.05) is 37.3 Å². The number of benzene rings is 2. The van der Waals surface area contributed by atoms with Crippen molar-refractivity contribution in [2.75, 3.05) is 6.61 Å². The lowest BCUT2D eigenvalue weighted by atomic mass is 9.98. The Labute approximate surface area is 170 Å². The van der Waals surface area contributed by atoms with Crippen LogP contribution in [0.4, 0.5) is 0 Å². The number of aryl methyl sites for hydroxylation is 2. The van der Waals surface area contributed by atoms with Gasteiger partial charge >= 0.3 is 11.6 Å². The molecular formula is C24H26O5. The van der Waals surface area contributed by atoms with Crippen LogP contribution >= 0.6 is 0 Å². The third kappa shape index (κ3) is 4.34. The molecule has 5 heteroatoms. The molecule has 0 saturated heterocycles. The van der Waals surface area contributed by atoms with Crippen LogP contribution in [0.3, 0.4) is 0 Å². The summed E-state index contributed by atoms with van der Waals surface area (Å²) >= 11 is 0. The molecule has 3 rings (SSSR count). The first kappa shape index (κ1) is 20.6. The van der Waals surface area contributed by atoms with E-state index in [9.17, 15) is 9.59 Å². The molecule has 29 heavy (non-hydrogen) atoms. The Kier molecular flexibility index (Phi) is 6.37. The van der Waals surface area contributed by atoms with Gasteiger partial charge in [-0.25, -0.2) is 9.59 Å². The average molecular weight is 394 g/mol. The highest BCUT2D eigenvalue weighted by Crippen LogP contribution is 2.31. The second-order valence-electron chi connectivity index (χ2n) is 6.99. The number of ether oxygens (including phenoxy) is 2. The number of rotatable bonds is 7. The maximum absolute atomic E-state index is 12.7. The van der Waals surface area contributed by atoms with Crippen LogP contribution < -0.4 is 10.4 Å². The van der Waals surface area contributed by atoms with Crippen LogP contribution in [0.2, 0.25) is 0 Å². The minimum atomic E-state index is -0.698. The van der Waals surface area contributed by atoms with Crippen molar-refractivity contribution in [3.8, 4) is 5.75 Å². The van der Waals surface area contributed by atoms with Crippen LogP contribution in [0.5, 0.6) is 5.75 Å². The van der Waals surface area contributed by atoms with Gasteiger partial charge in [0.25, 0.3) is 0 Å². The van der Waals surface area contributed by atoms with Gasteiger partial charge in [-0.15, -0.1) is 0 Å². The third-order valence-electron chi connectivity index (χ3n) is 5.07. The van der Waals surface area contributed by atoms with E-state index >= 15 is 0 Å². The number of fused-ring (bicyclic) bond motifs is 1. The molecule has 0 saturated carbocycles. The number of carbonyl (C=O) groups excluding carboxylic acids is 1. The first-order chi connectivity index (χ1) is 14.0. The molecule has 1 aromatic heterocycles. The third-order valence-corrected chi connectivity index (χ3v) is 5.07. The van der Waals surface area contributed by atoms with Crippen LogP contribution in [0, 0.1) is 13.8 Å². The Hall–Kier alpha value is -3.08. The lowest BCUT2D eigenvalue weighted by Crippen LogP contribution is -2.29. The SMILES string of the molecule is CCOC(=O)[C@@H](CC)Oc1ccc2c(C)c(Cc3ccccc3)c(=O)oc2c1C. The van der Waals surface area contributed by atoms with Gasteiger partial charge in [0.15, 0.2) is 6.10 Å². The van der Waals surface area contributed by atoms with Crippen molar-refractivity contribution in [3.05, 3.63) is 75.1 Å². The minimum Gasteiger partial charge on any atom is -0.478 e. The maximum Gasteiger partial charge on any atom is 0.347 e. The first-order valence-electron chi connectivity index (χ1n) is 9.89. The van der Waals surface area contributed by atoms with Gasteiger partial charge in [-0.2, -0.15) is 0 Å². The molecule has 1 heterocycles. The number of carbonyl (C=O) groups is 1. The lowest BCUT2D eigenvalue weighted by Gasteiger charge is -2.18. The van der Waals surface area contributed by atoms with Gasteiger partial charge in [0, 0.05) is 22.9 Å². The van der Waals surface area contributed by atoms with Crippen molar-refractivity contribution in [2.45, 2.75) is 46.6 Å². The summed E-state index contributed by atoms with van der Waals surface area (Å²) in [6, 6.07) is 13.5. The summed E-state index contributed by atoms with van der Waals surface area (Å²) in [5.74, 6) is 0.112. The molecule has 0 aliphatic rings. The molecule has 0 radical (unpaired) electrons. The fourth-order valence-corrected chi connectivity index (χ4v) is 3.39. The van der Waals surface area contributed by atoms with Crippen molar-refractivity contribution >= 4 is 16.9 Å². The molecule has 0 amide bonds. The van der Waals surface area contributed by atoms with Gasteiger partial charge in [-0.05, 0) is 50.5 Å².